The Morgan fingerprint density at radius 2 is 1.73 bits per heavy atom. The number of halogens is 1. The van der Waals surface area contributed by atoms with Gasteiger partial charge in [-0.25, -0.2) is 0 Å². The number of rotatable bonds is 14. The lowest BCUT2D eigenvalue weighted by molar-refractivity contribution is -0.136. The van der Waals surface area contributed by atoms with Crippen molar-refractivity contribution in [1.82, 2.24) is 5.32 Å². The molecule has 2 N–H and O–H groups in total. The van der Waals surface area contributed by atoms with Crippen LogP contribution in [0, 0.1) is 13.8 Å². The van der Waals surface area contributed by atoms with Gasteiger partial charge in [0.15, 0.2) is 0 Å². The van der Waals surface area contributed by atoms with Gasteiger partial charge in [-0.2, -0.15) is 0 Å². The lowest BCUT2D eigenvalue weighted by atomic mass is 9.87. The van der Waals surface area contributed by atoms with Crippen molar-refractivity contribution >= 4 is 17.6 Å². The van der Waals surface area contributed by atoms with E-state index in [0.717, 1.165) is 24.4 Å². The molecule has 3 nitrogen and oxygen atoms in total. The summed E-state index contributed by atoms with van der Waals surface area (Å²) in [4.78, 5) is 10.5. The normalized spacial score (nSPS) is 12.1. The summed E-state index contributed by atoms with van der Waals surface area (Å²) in [6.45, 7) is 5.82. The molecular formula is C26H36ClNO2. The van der Waals surface area contributed by atoms with Crippen LogP contribution in [0.25, 0.3) is 0 Å². The van der Waals surface area contributed by atoms with Gasteiger partial charge in [0.1, 0.15) is 0 Å². The Kier molecular flexibility index (Phi) is 11.0. The molecule has 0 aliphatic rings. The van der Waals surface area contributed by atoms with Crippen molar-refractivity contribution < 1.29 is 9.90 Å². The maximum absolute atomic E-state index is 10.5. The fraction of sp³-hybridized carbons (Fsp3) is 0.500. The van der Waals surface area contributed by atoms with E-state index in [-0.39, 0.29) is 6.42 Å². The van der Waals surface area contributed by atoms with Crippen LogP contribution in [0.15, 0.2) is 42.5 Å². The molecule has 2 rings (SSSR count). The monoisotopic (exact) mass is 429 g/mol. The molecule has 4 heteroatoms. The van der Waals surface area contributed by atoms with Crippen molar-refractivity contribution in [1.29, 1.82) is 0 Å². The maximum Gasteiger partial charge on any atom is 0.304 e. The summed E-state index contributed by atoms with van der Waals surface area (Å²) in [5, 5.41) is 12.6. The smallest absolute Gasteiger partial charge is 0.304 e. The molecule has 2 aromatic carbocycles. The van der Waals surface area contributed by atoms with E-state index in [1.165, 1.54) is 54.4 Å². The second-order valence-corrected chi connectivity index (χ2v) is 8.76. The first-order valence-corrected chi connectivity index (χ1v) is 11.6. The lowest BCUT2D eigenvalue weighted by Gasteiger charge is -2.19. The molecule has 0 saturated heterocycles. The van der Waals surface area contributed by atoms with E-state index in [1.54, 1.807) is 0 Å². The van der Waals surface area contributed by atoms with E-state index < -0.39 is 5.97 Å². The third-order valence-corrected chi connectivity index (χ3v) is 6.03. The van der Waals surface area contributed by atoms with Gasteiger partial charge >= 0.3 is 5.97 Å². The zero-order valence-electron chi connectivity index (χ0n) is 18.4. The molecule has 2 aromatic rings. The second kappa shape index (κ2) is 13.5. The van der Waals surface area contributed by atoms with Gasteiger partial charge in [-0.3, -0.25) is 4.79 Å². The first-order valence-electron chi connectivity index (χ1n) is 11.2. The van der Waals surface area contributed by atoms with Crippen molar-refractivity contribution in [2.45, 2.75) is 71.1 Å². The number of benzene rings is 2. The first-order chi connectivity index (χ1) is 14.5. The van der Waals surface area contributed by atoms with Crippen LogP contribution in [0.4, 0.5) is 0 Å². The van der Waals surface area contributed by atoms with Crippen molar-refractivity contribution in [3.8, 4) is 0 Å². The van der Waals surface area contributed by atoms with Crippen LogP contribution in [0.2, 0.25) is 5.02 Å². The highest BCUT2D eigenvalue weighted by molar-refractivity contribution is 6.30. The summed E-state index contributed by atoms with van der Waals surface area (Å²) >= 11 is 6.27. The topological polar surface area (TPSA) is 49.3 Å². The van der Waals surface area contributed by atoms with Gasteiger partial charge in [0.05, 0.1) is 6.42 Å². The van der Waals surface area contributed by atoms with E-state index in [2.05, 4.69) is 55.6 Å². The van der Waals surface area contributed by atoms with Gasteiger partial charge in [0, 0.05) is 11.6 Å². The number of hydrogen-bond acceptors (Lipinski definition) is 2. The fourth-order valence-corrected chi connectivity index (χ4v) is 4.05. The molecule has 1 atom stereocenters. The molecule has 30 heavy (non-hydrogen) atoms. The molecule has 0 heterocycles. The zero-order chi connectivity index (χ0) is 21.8. The molecular weight excluding hydrogens is 394 g/mol. The van der Waals surface area contributed by atoms with Crippen LogP contribution in [0.1, 0.15) is 73.1 Å². The molecule has 0 aliphatic carbocycles. The number of nitrogens with one attached hydrogen (secondary N) is 1. The summed E-state index contributed by atoms with van der Waals surface area (Å²) in [5.74, 6) is -0.249. The van der Waals surface area contributed by atoms with Crippen molar-refractivity contribution in [3.05, 3.63) is 69.7 Å². The number of unbranched alkanes of at least 4 members (excludes halogenated alkanes) is 4. The second-order valence-electron chi connectivity index (χ2n) is 8.32. The number of aryl methyl sites for hydroxylation is 2. The maximum atomic E-state index is 10.5. The number of carboxylic acids is 1. The summed E-state index contributed by atoms with van der Waals surface area (Å²) in [6, 6.07) is 15.1. The Morgan fingerprint density at radius 3 is 2.47 bits per heavy atom. The molecule has 0 spiro atoms. The van der Waals surface area contributed by atoms with Gasteiger partial charge in [-0.05, 0) is 80.0 Å². The predicted octanol–water partition coefficient (Wildman–Crippen LogP) is 6.69. The van der Waals surface area contributed by atoms with E-state index in [0.29, 0.717) is 12.5 Å². The van der Waals surface area contributed by atoms with Gasteiger partial charge < -0.3 is 10.4 Å². The Balaban J connectivity index is 1.78. The molecule has 0 aliphatic heterocycles. The van der Waals surface area contributed by atoms with Crippen molar-refractivity contribution in [3.63, 3.8) is 0 Å². The molecule has 0 bridgehead atoms. The molecule has 164 valence electrons. The quantitative estimate of drug-likeness (QED) is 0.329. The molecule has 0 amide bonds. The largest absolute Gasteiger partial charge is 0.481 e. The predicted molar refractivity (Wildman–Crippen MR) is 127 cm³/mol. The summed E-state index contributed by atoms with van der Waals surface area (Å²) < 4.78 is 0. The van der Waals surface area contributed by atoms with Gasteiger partial charge in [-0.1, -0.05) is 67.6 Å². The summed E-state index contributed by atoms with van der Waals surface area (Å²) in [7, 11) is 0. The molecule has 0 saturated carbocycles. The Labute approximate surface area is 186 Å². The Hall–Kier alpha value is -1.84. The van der Waals surface area contributed by atoms with Crippen LogP contribution in [-0.2, 0) is 11.2 Å². The molecule has 0 unspecified atom stereocenters. The molecule has 0 aromatic heterocycles. The van der Waals surface area contributed by atoms with E-state index in [9.17, 15) is 4.79 Å². The third-order valence-electron chi connectivity index (χ3n) is 5.80. The SMILES string of the molecule is Cc1ccc(C[C@@H](CCCCCCCNCCC(=O)O)c2cccc(Cl)c2)cc1C. The molecule has 0 radical (unpaired) electrons. The van der Waals surface area contributed by atoms with Gasteiger partial charge in [-0.15, -0.1) is 0 Å². The minimum absolute atomic E-state index is 0.200. The lowest BCUT2D eigenvalue weighted by Crippen LogP contribution is -2.19. The summed E-state index contributed by atoms with van der Waals surface area (Å²) in [6.07, 6.45) is 8.41. The van der Waals surface area contributed by atoms with E-state index >= 15 is 0 Å². The van der Waals surface area contributed by atoms with Crippen LogP contribution >= 0.6 is 11.6 Å². The Morgan fingerprint density at radius 1 is 0.967 bits per heavy atom. The number of hydrogen-bond donors (Lipinski definition) is 2. The highest BCUT2D eigenvalue weighted by Gasteiger charge is 2.13. The van der Waals surface area contributed by atoms with Gasteiger partial charge in [0.2, 0.25) is 0 Å². The molecule has 0 fully saturated rings. The van der Waals surface area contributed by atoms with Crippen LogP contribution in [0.5, 0.6) is 0 Å². The van der Waals surface area contributed by atoms with Crippen LogP contribution < -0.4 is 5.32 Å². The van der Waals surface area contributed by atoms with Crippen LogP contribution in [-0.4, -0.2) is 24.2 Å². The average Bonchev–Trinajstić information content (AvgIpc) is 2.71. The average molecular weight is 430 g/mol. The summed E-state index contributed by atoms with van der Waals surface area (Å²) in [5.41, 5.74) is 5.43. The van der Waals surface area contributed by atoms with E-state index in [4.69, 9.17) is 16.7 Å². The van der Waals surface area contributed by atoms with Crippen molar-refractivity contribution in [2.24, 2.45) is 0 Å². The minimum atomic E-state index is -0.738. The van der Waals surface area contributed by atoms with Gasteiger partial charge in [0.25, 0.3) is 0 Å². The van der Waals surface area contributed by atoms with Crippen molar-refractivity contribution in [2.75, 3.05) is 13.1 Å². The minimum Gasteiger partial charge on any atom is -0.481 e. The first kappa shape index (κ1) is 24.4. The number of aliphatic carboxylic acids is 1. The number of carbonyl (C=O) groups is 1. The van der Waals surface area contributed by atoms with Crippen LogP contribution in [0.3, 0.4) is 0 Å². The fourth-order valence-electron chi connectivity index (χ4n) is 3.85. The highest BCUT2D eigenvalue weighted by atomic mass is 35.5. The highest BCUT2D eigenvalue weighted by Crippen LogP contribution is 2.29. The standard InChI is InChI=1S/C26H36ClNO2/c1-20-12-13-22(17-21(20)2)18-23(24-10-8-11-25(27)19-24)9-6-4-3-5-7-15-28-16-14-26(29)30/h8,10-13,17,19,23,28H,3-7,9,14-16,18H2,1-2H3,(H,29,30)/t23-/m1/s1. The van der Waals surface area contributed by atoms with E-state index in [1.807, 2.05) is 6.07 Å². The zero-order valence-corrected chi connectivity index (χ0v) is 19.2. The third kappa shape index (κ3) is 9.32. The Bertz CT molecular complexity index is 790. The number of carboxylic acid groups (broad SMARTS) is 1.